The lowest BCUT2D eigenvalue weighted by Gasteiger charge is -2.29. The number of ether oxygens (including phenoxy) is 1. The lowest BCUT2D eigenvalue weighted by atomic mass is 9.87. The van der Waals surface area contributed by atoms with E-state index in [0.717, 1.165) is 37.1 Å². The maximum atomic E-state index is 13.3. The fraction of sp³-hybridized carbons (Fsp3) is 0.370. The topological polar surface area (TPSA) is 126 Å². The van der Waals surface area contributed by atoms with Gasteiger partial charge in [-0.3, -0.25) is 9.69 Å². The van der Waals surface area contributed by atoms with Gasteiger partial charge in [0, 0.05) is 11.9 Å². The van der Waals surface area contributed by atoms with Crippen molar-refractivity contribution in [3.8, 4) is 0 Å². The number of rotatable bonds is 8. The normalized spacial score (nSPS) is 18.2. The Labute approximate surface area is 252 Å². The maximum Gasteiger partial charge on any atom is 0.263 e. The summed E-state index contributed by atoms with van der Waals surface area (Å²) >= 11 is 14.1. The number of piperidine rings is 1. The first-order chi connectivity index (χ1) is 19.8. The molecule has 0 atom stereocenters. The van der Waals surface area contributed by atoms with E-state index in [1.54, 1.807) is 18.2 Å². The highest BCUT2D eigenvalue weighted by Gasteiger charge is 2.31. The lowest BCUT2D eigenvalue weighted by molar-refractivity contribution is 0.00480. The van der Waals surface area contributed by atoms with Crippen molar-refractivity contribution in [2.45, 2.75) is 35.6 Å². The van der Waals surface area contributed by atoms with Gasteiger partial charge in [-0.05, 0) is 67.2 Å². The van der Waals surface area contributed by atoms with Gasteiger partial charge in [0.1, 0.15) is 5.03 Å². The standard InChI is InChI=1S/C27H28Cl2N6O4S2/c28-22-2-1-3-23(29)24(22)35-15-40-25-21(26(35)36)11-31-27(33-25)32-18-4-5-20(16-6-8-30-9-7-16)17(10-18)14-41(37,38)34-19-12-39-13-19/h1-5,10-11,16,19,30,34H,6-9,12-15H2,(H,31,32,33). The molecule has 6 rings (SSSR count). The number of carbonyl (C=O) groups is 1. The number of hydrogen-bond donors (Lipinski definition) is 3. The Morgan fingerprint density at radius 3 is 2.59 bits per heavy atom. The van der Waals surface area contributed by atoms with Crippen LogP contribution in [0.5, 0.6) is 0 Å². The number of aromatic nitrogens is 2. The molecule has 4 heterocycles. The molecule has 3 aliphatic rings. The predicted octanol–water partition coefficient (Wildman–Crippen LogP) is 4.52. The Kier molecular flexibility index (Phi) is 8.42. The van der Waals surface area contributed by atoms with Crippen LogP contribution in [0, 0.1) is 0 Å². The second kappa shape index (κ2) is 12.0. The second-order valence-corrected chi connectivity index (χ2v) is 13.7. The smallest absolute Gasteiger partial charge is 0.263 e. The molecular formula is C27H28Cl2N6O4S2. The molecule has 0 aliphatic carbocycles. The molecule has 1 amide bonds. The van der Waals surface area contributed by atoms with Crippen LogP contribution in [-0.4, -0.2) is 62.5 Å². The molecule has 0 saturated carbocycles. The number of fused-ring (bicyclic) bond motifs is 1. The van der Waals surface area contributed by atoms with Gasteiger partial charge >= 0.3 is 0 Å². The zero-order valence-corrected chi connectivity index (χ0v) is 25.0. The zero-order valence-electron chi connectivity index (χ0n) is 21.9. The van der Waals surface area contributed by atoms with Crippen molar-refractivity contribution in [1.29, 1.82) is 0 Å². The maximum absolute atomic E-state index is 13.3. The Balaban J connectivity index is 1.24. The summed E-state index contributed by atoms with van der Waals surface area (Å²) in [7, 11) is -3.57. The van der Waals surface area contributed by atoms with E-state index in [9.17, 15) is 13.2 Å². The molecular weight excluding hydrogens is 607 g/mol. The molecule has 41 heavy (non-hydrogen) atoms. The van der Waals surface area contributed by atoms with Crippen LogP contribution in [0.1, 0.15) is 40.2 Å². The Morgan fingerprint density at radius 2 is 1.88 bits per heavy atom. The minimum absolute atomic E-state index is 0.131. The van der Waals surface area contributed by atoms with Gasteiger partial charge < -0.3 is 15.4 Å². The van der Waals surface area contributed by atoms with Crippen molar-refractivity contribution < 1.29 is 17.9 Å². The fourth-order valence-electron chi connectivity index (χ4n) is 5.20. The average Bonchev–Trinajstić information content (AvgIpc) is 2.92. The molecule has 14 heteroatoms. The Morgan fingerprint density at radius 1 is 1.12 bits per heavy atom. The van der Waals surface area contributed by atoms with Crippen LogP contribution in [0.3, 0.4) is 0 Å². The highest BCUT2D eigenvalue weighted by Crippen LogP contribution is 2.39. The minimum atomic E-state index is -3.57. The average molecular weight is 636 g/mol. The minimum Gasteiger partial charge on any atom is -0.378 e. The van der Waals surface area contributed by atoms with Crippen LogP contribution in [0.15, 0.2) is 47.6 Å². The summed E-state index contributed by atoms with van der Waals surface area (Å²) in [5.74, 6) is 0.454. The molecule has 216 valence electrons. The van der Waals surface area contributed by atoms with E-state index >= 15 is 0 Å². The SMILES string of the molecule is O=C1c2cnc(Nc3ccc(C4CCNCC4)c(CS(=O)(=O)NC4COC4)c3)nc2SCN1c1c(Cl)cccc1Cl. The molecule has 2 aromatic carbocycles. The lowest BCUT2D eigenvalue weighted by Crippen LogP contribution is -2.48. The van der Waals surface area contributed by atoms with Crippen LogP contribution >= 0.6 is 35.0 Å². The number of hydrogen-bond acceptors (Lipinski definition) is 9. The van der Waals surface area contributed by atoms with Crippen LogP contribution in [0.4, 0.5) is 17.3 Å². The quantitative estimate of drug-likeness (QED) is 0.307. The summed E-state index contributed by atoms with van der Waals surface area (Å²) in [6.45, 7) is 2.57. The third kappa shape index (κ3) is 6.34. The fourth-order valence-corrected chi connectivity index (χ4v) is 8.13. The van der Waals surface area contributed by atoms with Crippen LogP contribution in [0.2, 0.25) is 10.0 Å². The summed E-state index contributed by atoms with van der Waals surface area (Å²) in [5.41, 5.74) is 3.25. The van der Waals surface area contributed by atoms with E-state index in [-0.39, 0.29) is 29.5 Å². The summed E-state index contributed by atoms with van der Waals surface area (Å²) in [5, 5.41) is 7.87. The molecule has 10 nitrogen and oxygen atoms in total. The van der Waals surface area contributed by atoms with Crippen molar-refractivity contribution in [1.82, 2.24) is 20.0 Å². The summed E-state index contributed by atoms with van der Waals surface area (Å²) in [4.78, 5) is 23.8. The van der Waals surface area contributed by atoms with Gasteiger partial charge in [-0.25, -0.2) is 23.1 Å². The number of thioether (sulfide) groups is 1. The second-order valence-electron chi connectivity index (χ2n) is 10.2. The highest BCUT2D eigenvalue weighted by molar-refractivity contribution is 7.99. The van der Waals surface area contributed by atoms with Crippen molar-refractivity contribution in [3.63, 3.8) is 0 Å². The van der Waals surface area contributed by atoms with E-state index in [4.69, 9.17) is 27.9 Å². The monoisotopic (exact) mass is 634 g/mol. The van der Waals surface area contributed by atoms with Crippen LogP contribution in [0.25, 0.3) is 0 Å². The number of nitrogens with zero attached hydrogens (tertiary/aromatic N) is 3. The highest BCUT2D eigenvalue weighted by atomic mass is 35.5. The molecule has 1 aromatic heterocycles. The summed E-state index contributed by atoms with van der Waals surface area (Å²) in [6.07, 6.45) is 3.37. The number of carbonyl (C=O) groups excluding carboxylic acids is 1. The first-order valence-electron chi connectivity index (χ1n) is 13.2. The largest absolute Gasteiger partial charge is 0.378 e. The Bertz CT molecular complexity index is 1560. The number of benzene rings is 2. The van der Waals surface area contributed by atoms with Gasteiger partial charge in [0.25, 0.3) is 5.91 Å². The molecule has 0 radical (unpaired) electrons. The Hall–Kier alpha value is -2.45. The first-order valence-corrected chi connectivity index (χ1v) is 16.6. The summed E-state index contributed by atoms with van der Waals surface area (Å²) in [6, 6.07) is 10.7. The van der Waals surface area contributed by atoms with Crippen LogP contribution in [-0.2, 0) is 20.5 Å². The third-order valence-corrected chi connectivity index (χ3v) is 10.2. The van der Waals surface area contributed by atoms with Gasteiger partial charge in [-0.1, -0.05) is 47.1 Å². The van der Waals surface area contributed by atoms with Gasteiger partial charge in [-0.2, -0.15) is 0 Å². The van der Waals surface area contributed by atoms with E-state index in [1.165, 1.54) is 22.9 Å². The number of nitrogens with one attached hydrogen (secondary N) is 3. The van der Waals surface area contributed by atoms with Gasteiger partial charge in [-0.15, -0.1) is 0 Å². The number of halogens is 2. The number of para-hydroxylation sites is 1. The molecule has 0 unspecified atom stereocenters. The van der Waals surface area contributed by atoms with Crippen molar-refractivity contribution in [3.05, 3.63) is 69.3 Å². The van der Waals surface area contributed by atoms with Gasteiger partial charge in [0.05, 0.1) is 52.2 Å². The van der Waals surface area contributed by atoms with Crippen molar-refractivity contribution in [2.75, 3.05) is 42.4 Å². The number of amides is 1. The van der Waals surface area contributed by atoms with E-state index < -0.39 is 10.0 Å². The predicted molar refractivity (Wildman–Crippen MR) is 161 cm³/mol. The van der Waals surface area contributed by atoms with E-state index in [2.05, 4.69) is 25.3 Å². The zero-order chi connectivity index (χ0) is 28.6. The summed E-state index contributed by atoms with van der Waals surface area (Å²) < 4.78 is 33.8. The third-order valence-electron chi connectivity index (χ3n) is 7.28. The molecule has 3 aromatic rings. The van der Waals surface area contributed by atoms with E-state index in [0.29, 0.717) is 51.2 Å². The number of sulfonamides is 1. The molecule has 2 fully saturated rings. The number of anilines is 3. The molecule has 0 spiro atoms. The van der Waals surface area contributed by atoms with Crippen molar-refractivity contribution >= 4 is 68.2 Å². The molecule has 2 saturated heterocycles. The van der Waals surface area contributed by atoms with Gasteiger partial charge in [0.2, 0.25) is 16.0 Å². The molecule has 3 aliphatic heterocycles. The van der Waals surface area contributed by atoms with Crippen molar-refractivity contribution in [2.24, 2.45) is 0 Å². The van der Waals surface area contributed by atoms with Gasteiger partial charge in [0.15, 0.2) is 0 Å². The molecule has 3 N–H and O–H groups in total. The first kappa shape index (κ1) is 28.7. The van der Waals surface area contributed by atoms with E-state index in [1.807, 2.05) is 18.2 Å². The molecule has 0 bridgehead atoms. The van der Waals surface area contributed by atoms with Crippen LogP contribution < -0.4 is 20.3 Å².